The number of piperidine rings is 1. The predicted molar refractivity (Wildman–Crippen MR) is 126 cm³/mol. The van der Waals surface area contributed by atoms with Gasteiger partial charge in [-0.3, -0.25) is 24.1 Å². The van der Waals surface area contributed by atoms with Crippen LogP contribution in [0.3, 0.4) is 0 Å². The maximum Gasteiger partial charge on any atom is 0.255 e. The Kier molecular flexibility index (Phi) is 7.65. The molecule has 1 aromatic rings. The van der Waals surface area contributed by atoms with Gasteiger partial charge in [-0.25, -0.2) is 0 Å². The summed E-state index contributed by atoms with van der Waals surface area (Å²) in [6.45, 7) is 2.67. The van der Waals surface area contributed by atoms with Crippen molar-refractivity contribution in [3.8, 4) is 5.75 Å². The van der Waals surface area contributed by atoms with E-state index in [0.29, 0.717) is 56.9 Å². The molecule has 3 aliphatic heterocycles. The Balaban J connectivity index is 1.32. The number of benzene rings is 1. The molecule has 182 valence electrons. The third-order valence-electron chi connectivity index (χ3n) is 7.12. The monoisotopic (exact) mass is 467 g/mol. The summed E-state index contributed by atoms with van der Waals surface area (Å²) in [6, 6.07) is 7.30. The van der Waals surface area contributed by atoms with Crippen LogP contribution in [0.4, 0.5) is 0 Å². The number of rotatable bonds is 4. The van der Waals surface area contributed by atoms with Crippen LogP contribution in [0.2, 0.25) is 0 Å². The quantitative estimate of drug-likeness (QED) is 0.543. The lowest BCUT2D eigenvalue weighted by molar-refractivity contribution is -0.140. The van der Waals surface area contributed by atoms with E-state index in [9.17, 15) is 19.2 Å². The highest BCUT2D eigenvalue weighted by Crippen LogP contribution is 2.36. The topological polar surface area (TPSA) is 96.0 Å². The number of allylic oxidation sites excluding steroid dienone is 1. The smallest absolute Gasteiger partial charge is 0.255 e. The highest BCUT2D eigenvalue weighted by molar-refractivity contribution is 6.01. The number of para-hydroxylation sites is 1. The molecule has 0 aromatic heterocycles. The van der Waals surface area contributed by atoms with Crippen molar-refractivity contribution >= 4 is 23.6 Å². The van der Waals surface area contributed by atoms with Gasteiger partial charge in [-0.1, -0.05) is 24.3 Å². The number of hydrogen-bond acceptors (Lipinski definition) is 5. The van der Waals surface area contributed by atoms with Crippen LogP contribution in [-0.2, 0) is 14.4 Å². The summed E-state index contributed by atoms with van der Waals surface area (Å²) in [6.07, 6.45) is 8.94. The van der Waals surface area contributed by atoms with Crippen molar-refractivity contribution in [2.24, 2.45) is 5.41 Å². The van der Waals surface area contributed by atoms with Crippen molar-refractivity contribution in [2.75, 3.05) is 32.8 Å². The fraction of sp³-hybridized carbons (Fsp3) is 0.538. The molecule has 34 heavy (non-hydrogen) atoms. The van der Waals surface area contributed by atoms with Crippen LogP contribution in [-0.4, -0.2) is 66.2 Å². The molecule has 8 nitrogen and oxygen atoms in total. The minimum Gasteiger partial charge on any atom is -0.492 e. The lowest BCUT2D eigenvalue weighted by Gasteiger charge is -2.42. The van der Waals surface area contributed by atoms with Gasteiger partial charge in [0.2, 0.25) is 17.7 Å². The van der Waals surface area contributed by atoms with Gasteiger partial charge in [0.15, 0.2) is 0 Å². The van der Waals surface area contributed by atoms with Crippen molar-refractivity contribution in [2.45, 2.75) is 51.4 Å². The zero-order chi connectivity index (χ0) is 24.0. The first kappa shape index (κ1) is 24.0. The first-order valence-corrected chi connectivity index (χ1v) is 12.2. The largest absolute Gasteiger partial charge is 0.492 e. The van der Waals surface area contributed by atoms with Gasteiger partial charge in [-0.2, -0.15) is 0 Å². The molecule has 3 aliphatic rings. The second kappa shape index (κ2) is 10.8. The van der Waals surface area contributed by atoms with Gasteiger partial charge in [0, 0.05) is 45.4 Å². The van der Waals surface area contributed by atoms with Crippen molar-refractivity contribution in [3.05, 3.63) is 42.0 Å². The van der Waals surface area contributed by atoms with Crippen LogP contribution >= 0.6 is 0 Å². The third-order valence-corrected chi connectivity index (χ3v) is 7.12. The molecule has 4 amide bonds. The number of hydrogen-bond donors (Lipinski definition) is 1. The van der Waals surface area contributed by atoms with Crippen molar-refractivity contribution in [1.82, 2.24) is 15.1 Å². The van der Waals surface area contributed by atoms with E-state index < -0.39 is 0 Å². The first-order valence-electron chi connectivity index (χ1n) is 12.2. The van der Waals surface area contributed by atoms with Crippen molar-refractivity contribution in [1.29, 1.82) is 0 Å². The molecular formula is C26H33N3O5. The average Bonchev–Trinajstić information content (AvgIpc) is 3.17. The summed E-state index contributed by atoms with van der Waals surface area (Å²) in [7, 11) is 0. The van der Waals surface area contributed by atoms with E-state index in [0.717, 1.165) is 25.7 Å². The van der Waals surface area contributed by atoms with Crippen molar-refractivity contribution in [3.63, 3.8) is 0 Å². The average molecular weight is 468 g/mol. The molecule has 0 bridgehead atoms. The Hall–Kier alpha value is -3.16. The fourth-order valence-corrected chi connectivity index (χ4v) is 4.93. The Bertz CT molecular complexity index is 949. The van der Waals surface area contributed by atoms with Crippen LogP contribution in [0, 0.1) is 5.41 Å². The summed E-state index contributed by atoms with van der Waals surface area (Å²) in [5.74, 6) is 0.255. The summed E-state index contributed by atoms with van der Waals surface area (Å²) >= 11 is 0. The zero-order valence-corrected chi connectivity index (χ0v) is 19.6. The summed E-state index contributed by atoms with van der Waals surface area (Å²) in [4.78, 5) is 52.2. The number of nitrogens with one attached hydrogen (secondary N) is 1. The SMILES string of the molecule is O=C1NCC2(C/C=C/CCOc3ccccc31)CCN(C(=O)CCCN1C(=O)CCC1=O)CC2. The minimum atomic E-state index is -0.135. The van der Waals surface area contributed by atoms with E-state index >= 15 is 0 Å². The molecule has 1 aromatic carbocycles. The zero-order valence-electron chi connectivity index (χ0n) is 19.6. The summed E-state index contributed by atoms with van der Waals surface area (Å²) < 4.78 is 5.79. The molecule has 0 atom stereocenters. The Morgan fingerprint density at radius 1 is 1.03 bits per heavy atom. The molecule has 0 saturated carbocycles. The Morgan fingerprint density at radius 3 is 2.53 bits per heavy atom. The summed E-state index contributed by atoms with van der Waals surface area (Å²) in [5.41, 5.74) is 0.455. The van der Waals surface area contributed by atoms with Gasteiger partial charge in [0.05, 0.1) is 12.2 Å². The predicted octanol–water partition coefficient (Wildman–Crippen LogP) is 2.68. The van der Waals surface area contributed by atoms with E-state index in [1.165, 1.54) is 4.90 Å². The number of imide groups is 1. The number of likely N-dealkylation sites (tertiary alicyclic amines) is 2. The molecule has 0 unspecified atom stereocenters. The molecular weight excluding hydrogens is 434 g/mol. The van der Waals surface area contributed by atoms with Gasteiger partial charge in [0.25, 0.3) is 5.91 Å². The molecule has 3 heterocycles. The number of ether oxygens (including phenoxy) is 1. The molecule has 0 aliphatic carbocycles. The third kappa shape index (κ3) is 5.66. The van der Waals surface area contributed by atoms with Crippen LogP contribution in [0.5, 0.6) is 5.75 Å². The molecule has 1 N–H and O–H groups in total. The van der Waals surface area contributed by atoms with E-state index in [1.54, 1.807) is 6.07 Å². The second-order valence-corrected chi connectivity index (χ2v) is 9.41. The number of amides is 4. The van der Waals surface area contributed by atoms with E-state index in [4.69, 9.17) is 4.74 Å². The summed E-state index contributed by atoms with van der Waals surface area (Å²) in [5, 5.41) is 3.11. The van der Waals surface area contributed by atoms with Gasteiger partial charge >= 0.3 is 0 Å². The molecule has 2 saturated heterocycles. The second-order valence-electron chi connectivity index (χ2n) is 9.41. The van der Waals surface area contributed by atoms with E-state index in [-0.39, 0.29) is 41.9 Å². The highest BCUT2D eigenvalue weighted by Gasteiger charge is 2.36. The standard InChI is InChI=1S/C26H33N3O5/c30-22(9-6-15-29-23(31)10-11-24(29)32)28-16-13-26(14-17-28)12-4-1-5-18-34-21-8-3-2-7-20(21)25(33)27-19-26/h1-4,7-8H,5-6,9-19H2,(H,27,33)/b4-1+. The highest BCUT2D eigenvalue weighted by atomic mass is 16.5. The van der Waals surface area contributed by atoms with Crippen molar-refractivity contribution < 1.29 is 23.9 Å². The van der Waals surface area contributed by atoms with Gasteiger partial charge < -0.3 is 15.0 Å². The van der Waals surface area contributed by atoms with Crippen LogP contribution in [0.1, 0.15) is 61.7 Å². The number of carbonyl (C=O) groups is 4. The molecule has 2 fully saturated rings. The molecule has 4 rings (SSSR count). The van der Waals surface area contributed by atoms with Crippen LogP contribution in [0.25, 0.3) is 0 Å². The Morgan fingerprint density at radius 2 is 1.76 bits per heavy atom. The minimum absolute atomic E-state index is 0.0627. The van der Waals surface area contributed by atoms with E-state index in [1.807, 2.05) is 23.1 Å². The number of carbonyl (C=O) groups excluding carboxylic acids is 4. The maximum absolute atomic E-state index is 12.9. The lowest BCUT2D eigenvalue weighted by Crippen LogP contribution is -2.48. The maximum atomic E-state index is 12.9. The first-order chi connectivity index (χ1) is 16.5. The van der Waals surface area contributed by atoms with Gasteiger partial charge in [-0.15, -0.1) is 0 Å². The lowest BCUT2D eigenvalue weighted by atomic mass is 9.75. The molecule has 0 radical (unpaired) electrons. The van der Waals surface area contributed by atoms with Crippen LogP contribution < -0.4 is 10.1 Å². The number of nitrogens with zero attached hydrogens (tertiary/aromatic N) is 2. The number of fused-ring (bicyclic) bond motifs is 1. The van der Waals surface area contributed by atoms with E-state index in [2.05, 4.69) is 17.5 Å². The molecule has 1 spiro atoms. The van der Waals surface area contributed by atoms with Gasteiger partial charge in [-0.05, 0) is 49.7 Å². The van der Waals surface area contributed by atoms with Gasteiger partial charge in [0.1, 0.15) is 5.75 Å². The Labute approximate surface area is 200 Å². The normalized spacial score (nSPS) is 21.8. The fourth-order valence-electron chi connectivity index (χ4n) is 4.93. The molecule has 8 heteroatoms. The van der Waals surface area contributed by atoms with Crippen LogP contribution in [0.15, 0.2) is 36.4 Å².